The first kappa shape index (κ1) is 15.5. The second-order valence-corrected chi connectivity index (χ2v) is 5.15. The third-order valence-corrected chi connectivity index (χ3v) is 3.53. The number of carbonyl (C=O) groups is 1. The normalized spacial score (nSPS) is 10.5. The molecule has 0 radical (unpaired) electrons. The van der Waals surface area contributed by atoms with E-state index >= 15 is 0 Å². The van der Waals surface area contributed by atoms with Crippen molar-refractivity contribution in [3.8, 4) is 11.3 Å². The van der Waals surface area contributed by atoms with Crippen LogP contribution in [0.15, 0.2) is 52.3 Å². The SMILES string of the molecule is O=C(NCCc1c[nH]c(=O)[nH]c1=O)c1ccc(-c2ccn[nH]2)cc1. The standard InChI is InChI=1S/C16H15N5O3/c22-14(17-7-5-12-9-18-16(24)20-15(12)23)11-3-1-10(2-4-11)13-6-8-19-21-13/h1-4,6,8-9H,5,7H2,(H,17,22)(H,19,21)(H2,18,20,23,24). The molecule has 0 saturated carbocycles. The summed E-state index contributed by atoms with van der Waals surface area (Å²) in [6, 6.07) is 8.94. The topological polar surface area (TPSA) is 124 Å². The summed E-state index contributed by atoms with van der Waals surface area (Å²) in [6.07, 6.45) is 3.34. The lowest BCUT2D eigenvalue weighted by molar-refractivity contribution is 0.0954. The van der Waals surface area contributed by atoms with Crippen LogP contribution in [0.4, 0.5) is 0 Å². The Hall–Kier alpha value is -3.42. The van der Waals surface area contributed by atoms with Gasteiger partial charge in [0.2, 0.25) is 0 Å². The zero-order valence-electron chi connectivity index (χ0n) is 12.6. The van der Waals surface area contributed by atoms with E-state index in [-0.39, 0.29) is 12.5 Å². The van der Waals surface area contributed by atoms with Crippen molar-refractivity contribution in [2.75, 3.05) is 6.54 Å². The van der Waals surface area contributed by atoms with E-state index in [1.165, 1.54) is 6.20 Å². The molecule has 1 amide bonds. The highest BCUT2D eigenvalue weighted by Gasteiger charge is 2.07. The summed E-state index contributed by atoms with van der Waals surface area (Å²) in [5.41, 5.74) is 1.74. The third-order valence-electron chi connectivity index (χ3n) is 3.53. The second-order valence-electron chi connectivity index (χ2n) is 5.15. The molecule has 122 valence electrons. The fourth-order valence-corrected chi connectivity index (χ4v) is 2.25. The summed E-state index contributed by atoms with van der Waals surface area (Å²) in [4.78, 5) is 39.1. The van der Waals surface area contributed by atoms with Crippen LogP contribution in [0, 0.1) is 0 Å². The number of hydrogen-bond donors (Lipinski definition) is 4. The second kappa shape index (κ2) is 6.78. The van der Waals surface area contributed by atoms with Gasteiger partial charge in [-0.05, 0) is 30.2 Å². The van der Waals surface area contributed by atoms with Crippen molar-refractivity contribution in [3.05, 3.63) is 74.7 Å². The lowest BCUT2D eigenvalue weighted by atomic mass is 10.1. The Bertz CT molecular complexity index is 939. The van der Waals surface area contributed by atoms with Gasteiger partial charge in [0.05, 0.1) is 5.69 Å². The van der Waals surface area contributed by atoms with Gasteiger partial charge >= 0.3 is 5.69 Å². The zero-order chi connectivity index (χ0) is 16.9. The highest BCUT2D eigenvalue weighted by molar-refractivity contribution is 5.94. The maximum Gasteiger partial charge on any atom is 0.325 e. The molecule has 0 aliphatic rings. The minimum Gasteiger partial charge on any atom is -0.352 e. The molecule has 2 aromatic heterocycles. The zero-order valence-corrected chi connectivity index (χ0v) is 12.6. The van der Waals surface area contributed by atoms with Gasteiger partial charge in [0.1, 0.15) is 0 Å². The molecule has 3 aromatic rings. The van der Waals surface area contributed by atoms with Crippen LogP contribution in [0.5, 0.6) is 0 Å². The lowest BCUT2D eigenvalue weighted by Gasteiger charge is -2.05. The molecular formula is C16H15N5O3. The van der Waals surface area contributed by atoms with Gasteiger partial charge in [-0.25, -0.2) is 4.79 Å². The Morgan fingerprint density at radius 2 is 1.92 bits per heavy atom. The molecule has 4 N–H and O–H groups in total. The van der Waals surface area contributed by atoms with E-state index in [4.69, 9.17) is 0 Å². The fraction of sp³-hybridized carbons (Fsp3) is 0.125. The van der Waals surface area contributed by atoms with Gasteiger partial charge in [0.25, 0.3) is 11.5 Å². The van der Waals surface area contributed by atoms with E-state index in [0.29, 0.717) is 17.5 Å². The summed E-state index contributed by atoms with van der Waals surface area (Å²) >= 11 is 0. The van der Waals surface area contributed by atoms with Crippen molar-refractivity contribution < 1.29 is 4.79 Å². The molecule has 0 aliphatic carbocycles. The minimum absolute atomic E-state index is 0.230. The summed E-state index contributed by atoms with van der Waals surface area (Å²) < 4.78 is 0. The molecule has 8 nitrogen and oxygen atoms in total. The maximum atomic E-state index is 12.1. The largest absolute Gasteiger partial charge is 0.352 e. The summed E-state index contributed by atoms with van der Waals surface area (Å²) in [6.45, 7) is 0.288. The number of aromatic nitrogens is 4. The molecule has 0 spiro atoms. The highest BCUT2D eigenvalue weighted by Crippen LogP contribution is 2.16. The Morgan fingerprint density at radius 1 is 1.12 bits per heavy atom. The van der Waals surface area contributed by atoms with Crippen LogP contribution >= 0.6 is 0 Å². The number of rotatable bonds is 5. The van der Waals surface area contributed by atoms with Gasteiger partial charge in [-0.2, -0.15) is 5.10 Å². The molecular weight excluding hydrogens is 310 g/mol. The van der Waals surface area contributed by atoms with E-state index in [1.54, 1.807) is 18.3 Å². The third kappa shape index (κ3) is 3.49. The summed E-state index contributed by atoms with van der Waals surface area (Å²) in [7, 11) is 0. The van der Waals surface area contributed by atoms with Crippen molar-refractivity contribution in [2.24, 2.45) is 0 Å². The van der Waals surface area contributed by atoms with E-state index in [9.17, 15) is 14.4 Å². The number of hydrogen-bond acceptors (Lipinski definition) is 4. The monoisotopic (exact) mass is 325 g/mol. The quantitative estimate of drug-likeness (QED) is 0.543. The van der Waals surface area contributed by atoms with Crippen molar-refractivity contribution in [3.63, 3.8) is 0 Å². The van der Waals surface area contributed by atoms with Crippen molar-refractivity contribution in [1.82, 2.24) is 25.5 Å². The van der Waals surface area contributed by atoms with Gasteiger partial charge < -0.3 is 10.3 Å². The van der Waals surface area contributed by atoms with Crippen LogP contribution in [0.25, 0.3) is 11.3 Å². The number of amides is 1. The molecule has 8 heteroatoms. The van der Waals surface area contributed by atoms with Crippen molar-refractivity contribution in [1.29, 1.82) is 0 Å². The Balaban J connectivity index is 1.59. The first-order valence-corrected chi connectivity index (χ1v) is 7.32. The number of nitrogens with zero attached hydrogens (tertiary/aromatic N) is 1. The van der Waals surface area contributed by atoms with Crippen LogP contribution in [-0.2, 0) is 6.42 Å². The fourth-order valence-electron chi connectivity index (χ4n) is 2.25. The van der Waals surface area contributed by atoms with Gasteiger partial charge in [-0.1, -0.05) is 12.1 Å². The lowest BCUT2D eigenvalue weighted by Crippen LogP contribution is -2.29. The van der Waals surface area contributed by atoms with Crippen LogP contribution in [0.1, 0.15) is 15.9 Å². The molecule has 24 heavy (non-hydrogen) atoms. The van der Waals surface area contributed by atoms with Crippen LogP contribution in [0.3, 0.4) is 0 Å². The molecule has 0 aliphatic heterocycles. The summed E-state index contributed by atoms with van der Waals surface area (Å²) in [5, 5.41) is 9.48. The average Bonchev–Trinajstić information content (AvgIpc) is 3.11. The number of carbonyl (C=O) groups excluding carboxylic acids is 1. The average molecular weight is 325 g/mol. The van der Waals surface area contributed by atoms with Crippen LogP contribution < -0.4 is 16.6 Å². The number of aromatic amines is 3. The first-order valence-electron chi connectivity index (χ1n) is 7.32. The molecule has 0 bridgehead atoms. The minimum atomic E-state index is -0.551. The van der Waals surface area contributed by atoms with Crippen LogP contribution in [-0.4, -0.2) is 32.6 Å². The summed E-state index contributed by atoms with van der Waals surface area (Å²) in [5.74, 6) is -0.230. The van der Waals surface area contributed by atoms with Gasteiger partial charge in [-0.3, -0.25) is 19.7 Å². The highest BCUT2D eigenvalue weighted by atomic mass is 16.2. The smallest absolute Gasteiger partial charge is 0.325 e. The van der Waals surface area contributed by atoms with E-state index < -0.39 is 11.2 Å². The molecule has 0 atom stereocenters. The number of H-pyrrole nitrogens is 3. The van der Waals surface area contributed by atoms with E-state index in [1.807, 2.05) is 18.2 Å². The molecule has 1 aromatic carbocycles. The number of nitrogens with one attached hydrogen (secondary N) is 4. The molecule has 0 fully saturated rings. The first-order chi connectivity index (χ1) is 11.6. The van der Waals surface area contributed by atoms with E-state index in [0.717, 1.165) is 11.3 Å². The van der Waals surface area contributed by atoms with Gasteiger partial charge in [0, 0.05) is 30.1 Å². The Morgan fingerprint density at radius 3 is 2.58 bits per heavy atom. The van der Waals surface area contributed by atoms with Gasteiger partial charge in [0.15, 0.2) is 0 Å². The predicted molar refractivity (Wildman–Crippen MR) is 87.7 cm³/mol. The molecule has 3 rings (SSSR count). The van der Waals surface area contributed by atoms with Gasteiger partial charge in [-0.15, -0.1) is 0 Å². The van der Waals surface area contributed by atoms with Crippen LogP contribution in [0.2, 0.25) is 0 Å². The van der Waals surface area contributed by atoms with Crippen molar-refractivity contribution in [2.45, 2.75) is 6.42 Å². The molecule has 0 saturated heterocycles. The Kier molecular flexibility index (Phi) is 4.37. The van der Waals surface area contributed by atoms with E-state index in [2.05, 4.69) is 25.5 Å². The van der Waals surface area contributed by atoms with Crippen molar-refractivity contribution >= 4 is 5.91 Å². The Labute approximate surface area is 136 Å². The maximum absolute atomic E-state index is 12.1. The molecule has 2 heterocycles. The number of benzene rings is 1. The predicted octanol–water partition coefficient (Wildman–Crippen LogP) is 0.426. The molecule has 0 unspecified atom stereocenters.